The number of aryl methyl sites for hydroxylation is 2. The number of nitro benzene ring substituents is 2. The van der Waals surface area contributed by atoms with E-state index in [2.05, 4.69) is 41.1 Å². The van der Waals surface area contributed by atoms with Gasteiger partial charge >= 0.3 is 0 Å². The Morgan fingerprint density at radius 1 is 1.03 bits per heavy atom. The van der Waals surface area contributed by atoms with E-state index in [4.69, 9.17) is 4.98 Å². The zero-order chi connectivity index (χ0) is 24.4. The monoisotopic (exact) mass is 484 g/mol. The number of thiazole rings is 1. The fourth-order valence-corrected chi connectivity index (χ4v) is 5.22. The molecule has 3 aromatic rings. The lowest BCUT2D eigenvalue weighted by atomic mass is 10.1. The van der Waals surface area contributed by atoms with Crippen LogP contribution in [0.4, 0.5) is 16.5 Å². The van der Waals surface area contributed by atoms with Crippen LogP contribution in [0.5, 0.6) is 0 Å². The highest BCUT2D eigenvalue weighted by atomic mass is 32.1. The number of nitrogens with zero attached hydrogens (tertiary/aromatic N) is 5. The number of hydrogen-bond acceptors (Lipinski definition) is 9. The van der Waals surface area contributed by atoms with Gasteiger partial charge in [0.05, 0.1) is 31.7 Å². The molecule has 0 aliphatic carbocycles. The van der Waals surface area contributed by atoms with Crippen LogP contribution in [-0.4, -0.2) is 64.9 Å². The minimum absolute atomic E-state index is 0.105. The fourth-order valence-electron chi connectivity index (χ4n) is 4.02. The SMILES string of the molecule is Cc1cc(C)c2nc(N3CCN(CCNC(=O)c4cc([N+](=O)[O-])cc([N+](=O)[O-])c4)CC3)sc2c1. The van der Waals surface area contributed by atoms with Gasteiger partial charge in [0.25, 0.3) is 17.3 Å². The van der Waals surface area contributed by atoms with Gasteiger partial charge in [-0.2, -0.15) is 0 Å². The Bertz CT molecular complexity index is 1240. The zero-order valence-corrected chi connectivity index (χ0v) is 19.6. The van der Waals surface area contributed by atoms with E-state index in [1.807, 2.05) is 0 Å². The molecule has 2 heterocycles. The molecule has 1 fully saturated rings. The Morgan fingerprint density at radius 2 is 1.68 bits per heavy atom. The molecule has 0 atom stereocenters. The molecule has 1 aromatic heterocycles. The van der Waals surface area contributed by atoms with Crippen molar-refractivity contribution in [3.05, 3.63) is 67.3 Å². The number of piperazine rings is 1. The summed E-state index contributed by atoms with van der Waals surface area (Å²) in [5.74, 6) is -0.578. The summed E-state index contributed by atoms with van der Waals surface area (Å²) in [6.45, 7) is 8.37. The highest BCUT2D eigenvalue weighted by Crippen LogP contribution is 2.32. The van der Waals surface area contributed by atoms with Crippen LogP contribution < -0.4 is 10.2 Å². The Hall–Kier alpha value is -3.64. The van der Waals surface area contributed by atoms with Gasteiger partial charge in [0.1, 0.15) is 0 Å². The van der Waals surface area contributed by atoms with Crippen molar-refractivity contribution in [2.75, 3.05) is 44.2 Å². The largest absolute Gasteiger partial charge is 0.351 e. The molecular weight excluding hydrogens is 460 g/mol. The van der Waals surface area contributed by atoms with Crippen molar-refractivity contribution in [1.82, 2.24) is 15.2 Å². The van der Waals surface area contributed by atoms with Crippen molar-refractivity contribution in [1.29, 1.82) is 0 Å². The van der Waals surface area contributed by atoms with E-state index in [0.29, 0.717) is 13.1 Å². The van der Waals surface area contributed by atoms with Crippen molar-refractivity contribution in [3.63, 3.8) is 0 Å². The second kappa shape index (κ2) is 9.69. The molecule has 0 spiro atoms. The number of amides is 1. The number of carbonyl (C=O) groups is 1. The van der Waals surface area contributed by atoms with Crippen LogP contribution in [0.3, 0.4) is 0 Å². The number of non-ortho nitro benzene ring substituents is 2. The molecule has 4 rings (SSSR count). The normalized spacial score (nSPS) is 14.4. The highest BCUT2D eigenvalue weighted by Gasteiger charge is 2.22. The number of fused-ring (bicyclic) bond motifs is 1. The first-order valence-corrected chi connectivity index (χ1v) is 11.6. The smallest absolute Gasteiger partial charge is 0.277 e. The van der Waals surface area contributed by atoms with Gasteiger partial charge in [-0.25, -0.2) is 4.98 Å². The molecule has 0 radical (unpaired) electrons. The minimum atomic E-state index is -0.753. The molecule has 1 amide bonds. The van der Waals surface area contributed by atoms with Crippen LogP contribution in [0.1, 0.15) is 21.5 Å². The van der Waals surface area contributed by atoms with E-state index in [1.165, 1.54) is 15.8 Å². The third-order valence-corrected chi connectivity index (χ3v) is 6.82. The summed E-state index contributed by atoms with van der Waals surface area (Å²) in [5.41, 5.74) is 2.38. The fraction of sp³-hybridized carbons (Fsp3) is 0.364. The van der Waals surface area contributed by atoms with E-state index >= 15 is 0 Å². The van der Waals surface area contributed by atoms with Crippen molar-refractivity contribution in [2.24, 2.45) is 0 Å². The summed E-state index contributed by atoms with van der Waals surface area (Å²) in [7, 11) is 0. The second-order valence-electron chi connectivity index (χ2n) is 8.26. The maximum Gasteiger partial charge on any atom is 0.277 e. The molecule has 0 unspecified atom stereocenters. The molecule has 1 aliphatic heterocycles. The predicted molar refractivity (Wildman–Crippen MR) is 130 cm³/mol. The topological polar surface area (TPSA) is 135 Å². The number of nitro groups is 2. The Labute approximate surface area is 199 Å². The average molecular weight is 485 g/mol. The number of anilines is 1. The van der Waals surface area contributed by atoms with Crippen LogP contribution in [0, 0.1) is 34.1 Å². The molecule has 11 nitrogen and oxygen atoms in total. The number of carbonyl (C=O) groups excluding carboxylic acids is 1. The summed E-state index contributed by atoms with van der Waals surface area (Å²) in [6, 6.07) is 7.23. The van der Waals surface area contributed by atoms with Gasteiger partial charge in [-0.15, -0.1) is 0 Å². The molecular formula is C22H24N6O5S. The second-order valence-corrected chi connectivity index (χ2v) is 9.27. The average Bonchev–Trinajstić information content (AvgIpc) is 3.23. The maximum atomic E-state index is 12.4. The van der Waals surface area contributed by atoms with Crippen LogP contribution in [-0.2, 0) is 0 Å². The van der Waals surface area contributed by atoms with Crippen molar-refractivity contribution in [3.8, 4) is 0 Å². The molecule has 1 aliphatic rings. The third kappa shape index (κ3) is 5.13. The van der Waals surface area contributed by atoms with Gasteiger partial charge in [-0.1, -0.05) is 17.4 Å². The summed E-state index contributed by atoms with van der Waals surface area (Å²) in [6.07, 6.45) is 0. The number of nitrogens with one attached hydrogen (secondary N) is 1. The summed E-state index contributed by atoms with van der Waals surface area (Å²) < 4.78 is 1.19. The standard InChI is InChI=1S/C22H24N6O5S/c1-14-9-15(2)20-19(10-14)34-22(24-20)26-7-5-25(6-8-26)4-3-23-21(29)16-11-17(27(30)31)13-18(12-16)28(32)33/h9-13H,3-8H2,1-2H3,(H,23,29). The number of hydrogen-bond donors (Lipinski definition) is 1. The van der Waals surface area contributed by atoms with Crippen molar-refractivity contribution in [2.45, 2.75) is 13.8 Å². The van der Waals surface area contributed by atoms with Crippen LogP contribution in [0.25, 0.3) is 10.2 Å². The third-order valence-electron chi connectivity index (χ3n) is 5.76. The van der Waals surface area contributed by atoms with Gasteiger partial charge < -0.3 is 10.2 Å². The van der Waals surface area contributed by atoms with Crippen LogP contribution in [0.2, 0.25) is 0 Å². The lowest BCUT2D eigenvalue weighted by Gasteiger charge is -2.34. The van der Waals surface area contributed by atoms with Gasteiger partial charge in [0.15, 0.2) is 5.13 Å². The Kier molecular flexibility index (Phi) is 6.70. The molecule has 0 saturated carbocycles. The molecule has 0 bridgehead atoms. The van der Waals surface area contributed by atoms with E-state index in [-0.39, 0.29) is 5.56 Å². The van der Waals surface area contributed by atoms with Crippen LogP contribution >= 0.6 is 11.3 Å². The van der Waals surface area contributed by atoms with E-state index in [1.54, 1.807) is 11.3 Å². The lowest BCUT2D eigenvalue weighted by molar-refractivity contribution is -0.394. The quantitative estimate of drug-likeness (QED) is 0.399. The molecule has 34 heavy (non-hydrogen) atoms. The molecule has 178 valence electrons. The van der Waals surface area contributed by atoms with E-state index in [0.717, 1.165) is 55.0 Å². The molecule has 1 N–H and O–H groups in total. The molecule has 2 aromatic carbocycles. The minimum Gasteiger partial charge on any atom is -0.351 e. The first-order valence-electron chi connectivity index (χ1n) is 10.8. The zero-order valence-electron chi connectivity index (χ0n) is 18.8. The first kappa shape index (κ1) is 23.5. The molecule has 12 heteroatoms. The van der Waals surface area contributed by atoms with Crippen LogP contribution in [0.15, 0.2) is 30.3 Å². The first-order chi connectivity index (χ1) is 16.2. The van der Waals surface area contributed by atoms with Crippen molar-refractivity contribution < 1.29 is 14.6 Å². The maximum absolute atomic E-state index is 12.4. The van der Waals surface area contributed by atoms with Gasteiger partial charge in [-0.05, 0) is 31.0 Å². The summed E-state index contributed by atoms with van der Waals surface area (Å²) in [4.78, 5) is 42.3. The molecule has 1 saturated heterocycles. The van der Waals surface area contributed by atoms with E-state index < -0.39 is 27.1 Å². The van der Waals surface area contributed by atoms with Gasteiger partial charge in [0, 0.05) is 51.4 Å². The van der Waals surface area contributed by atoms with Gasteiger partial charge in [-0.3, -0.25) is 29.9 Å². The number of rotatable bonds is 7. The number of benzene rings is 2. The van der Waals surface area contributed by atoms with Crippen molar-refractivity contribution >= 4 is 44.0 Å². The summed E-state index contributed by atoms with van der Waals surface area (Å²) >= 11 is 1.70. The Morgan fingerprint density at radius 3 is 2.29 bits per heavy atom. The lowest BCUT2D eigenvalue weighted by Crippen LogP contribution is -2.48. The highest BCUT2D eigenvalue weighted by molar-refractivity contribution is 7.22. The Balaban J connectivity index is 1.30. The van der Waals surface area contributed by atoms with Gasteiger partial charge in [0.2, 0.25) is 0 Å². The predicted octanol–water partition coefficient (Wildman–Crippen LogP) is 3.28. The summed E-state index contributed by atoms with van der Waals surface area (Å²) in [5, 5.41) is 25.8. The van der Waals surface area contributed by atoms with E-state index in [9.17, 15) is 25.0 Å². The number of aromatic nitrogens is 1.